The first-order chi connectivity index (χ1) is 13.9. The fourth-order valence-electron chi connectivity index (χ4n) is 3.55. The van der Waals surface area contributed by atoms with E-state index in [1.165, 1.54) is 0 Å². The maximum atomic E-state index is 12.9. The van der Waals surface area contributed by atoms with Crippen molar-refractivity contribution in [1.82, 2.24) is 9.88 Å². The molecule has 5 heteroatoms. The number of rotatable bonds is 6. The maximum absolute atomic E-state index is 12.9. The van der Waals surface area contributed by atoms with Crippen LogP contribution in [0, 0.1) is 0 Å². The molecule has 1 heterocycles. The lowest BCUT2D eigenvalue weighted by Gasteiger charge is -2.30. The number of pyridine rings is 1. The van der Waals surface area contributed by atoms with Gasteiger partial charge < -0.3 is 9.64 Å². The Kier molecular flexibility index (Phi) is 6.27. The van der Waals surface area contributed by atoms with Crippen molar-refractivity contribution in [2.75, 3.05) is 6.61 Å². The van der Waals surface area contributed by atoms with Crippen molar-refractivity contribution in [2.24, 2.45) is 0 Å². The van der Waals surface area contributed by atoms with Crippen molar-refractivity contribution in [1.29, 1.82) is 0 Å². The van der Waals surface area contributed by atoms with E-state index in [2.05, 4.69) is 4.98 Å². The van der Waals surface area contributed by atoms with E-state index in [1.54, 1.807) is 11.0 Å². The van der Waals surface area contributed by atoms with E-state index in [9.17, 15) is 9.59 Å². The zero-order valence-corrected chi connectivity index (χ0v) is 17.3. The number of esters is 1. The van der Waals surface area contributed by atoms with Crippen LogP contribution in [0.1, 0.15) is 38.1 Å². The molecule has 0 aliphatic carbocycles. The molecule has 0 spiro atoms. The number of benzene rings is 2. The number of hydrogen-bond acceptors (Lipinski definition) is 4. The van der Waals surface area contributed by atoms with Gasteiger partial charge in [-0.3, -0.25) is 4.79 Å². The fourth-order valence-corrected chi connectivity index (χ4v) is 3.55. The number of para-hydroxylation sites is 1. The lowest BCUT2D eigenvalue weighted by molar-refractivity contribution is -0.138. The molecule has 29 heavy (non-hydrogen) atoms. The summed E-state index contributed by atoms with van der Waals surface area (Å²) in [5.41, 5.74) is 2.71. The molecular formula is C24H26N2O3. The first-order valence-electron chi connectivity index (χ1n) is 9.82. The zero-order valence-electron chi connectivity index (χ0n) is 17.3. The number of carbonyl (C=O) groups is 2. The van der Waals surface area contributed by atoms with Crippen LogP contribution in [0.3, 0.4) is 0 Å². The molecule has 0 fully saturated rings. The highest BCUT2D eigenvalue weighted by Crippen LogP contribution is 2.25. The Morgan fingerprint density at radius 1 is 0.931 bits per heavy atom. The Balaban J connectivity index is 1.90. The van der Waals surface area contributed by atoms with Gasteiger partial charge in [0.1, 0.15) is 0 Å². The quantitative estimate of drug-likeness (QED) is 0.572. The third-order valence-corrected chi connectivity index (χ3v) is 4.73. The Morgan fingerprint density at radius 3 is 2.21 bits per heavy atom. The number of ether oxygens (including phenoxy) is 1. The third-order valence-electron chi connectivity index (χ3n) is 4.73. The van der Waals surface area contributed by atoms with Crippen LogP contribution in [-0.4, -0.2) is 40.5 Å². The SMILES string of the molecule is CC(C)N(C(=O)COC(=O)c1cc(-c2ccccc2)nc2ccccc12)C(C)C. The molecule has 0 bridgehead atoms. The molecule has 2 aromatic carbocycles. The van der Waals surface area contributed by atoms with Gasteiger partial charge in [-0.1, -0.05) is 48.5 Å². The Hall–Kier alpha value is -3.21. The smallest absolute Gasteiger partial charge is 0.339 e. The summed E-state index contributed by atoms with van der Waals surface area (Å²) >= 11 is 0. The third kappa shape index (κ3) is 4.62. The summed E-state index contributed by atoms with van der Waals surface area (Å²) in [6, 6.07) is 18.9. The molecule has 0 N–H and O–H groups in total. The zero-order chi connectivity index (χ0) is 21.0. The normalized spacial score (nSPS) is 11.1. The van der Waals surface area contributed by atoms with E-state index < -0.39 is 5.97 Å². The number of aromatic nitrogens is 1. The first kappa shape index (κ1) is 20.5. The van der Waals surface area contributed by atoms with Gasteiger partial charge in [-0.05, 0) is 39.8 Å². The van der Waals surface area contributed by atoms with Crippen molar-refractivity contribution in [3.63, 3.8) is 0 Å². The second-order valence-corrected chi connectivity index (χ2v) is 7.50. The van der Waals surface area contributed by atoms with Crippen molar-refractivity contribution in [3.05, 3.63) is 66.2 Å². The summed E-state index contributed by atoms with van der Waals surface area (Å²) in [5.74, 6) is -0.730. The minimum atomic E-state index is -0.526. The lowest BCUT2D eigenvalue weighted by atomic mass is 10.0. The minimum Gasteiger partial charge on any atom is -0.452 e. The van der Waals surface area contributed by atoms with Gasteiger partial charge >= 0.3 is 5.97 Å². The summed E-state index contributed by atoms with van der Waals surface area (Å²) in [6.45, 7) is 7.50. The van der Waals surface area contributed by atoms with E-state index in [-0.39, 0.29) is 24.6 Å². The standard InChI is InChI=1S/C24H26N2O3/c1-16(2)26(17(3)4)23(27)15-29-24(28)20-14-22(18-10-6-5-7-11-18)25-21-13-9-8-12-19(20)21/h5-14,16-17H,15H2,1-4H3. The predicted molar refractivity (Wildman–Crippen MR) is 115 cm³/mol. The van der Waals surface area contributed by atoms with E-state index >= 15 is 0 Å². The predicted octanol–water partition coefficient (Wildman–Crippen LogP) is 4.70. The maximum Gasteiger partial charge on any atom is 0.339 e. The number of amides is 1. The molecule has 0 radical (unpaired) electrons. The van der Waals surface area contributed by atoms with Crippen LogP contribution >= 0.6 is 0 Å². The van der Waals surface area contributed by atoms with Crippen LogP contribution in [0.25, 0.3) is 22.2 Å². The summed E-state index contributed by atoms with van der Waals surface area (Å²) in [5, 5.41) is 0.703. The van der Waals surface area contributed by atoms with Gasteiger partial charge in [0.15, 0.2) is 6.61 Å². The van der Waals surface area contributed by atoms with Gasteiger partial charge in [-0.2, -0.15) is 0 Å². The molecule has 3 aromatic rings. The Bertz CT molecular complexity index is 1010. The highest BCUT2D eigenvalue weighted by atomic mass is 16.5. The molecule has 1 aromatic heterocycles. The fraction of sp³-hybridized carbons (Fsp3) is 0.292. The second kappa shape index (κ2) is 8.86. The van der Waals surface area contributed by atoms with Gasteiger partial charge in [-0.25, -0.2) is 9.78 Å². The van der Waals surface area contributed by atoms with Gasteiger partial charge in [-0.15, -0.1) is 0 Å². The number of fused-ring (bicyclic) bond motifs is 1. The molecule has 3 rings (SSSR count). The molecular weight excluding hydrogens is 364 g/mol. The molecule has 0 aliphatic rings. The van der Waals surface area contributed by atoms with Crippen LogP contribution < -0.4 is 0 Å². The van der Waals surface area contributed by atoms with Crippen LogP contribution in [0.4, 0.5) is 0 Å². The van der Waals surface area contributed by atoms with E-state index in [4.69, 9.17) is 4.74 Å². The van der Waals surface area contributed by atoms with Crippen LogP contribution in [0.15, 0.2) is 60.7 Å². The molecule has 5 nitrogen and oxygen atoms in total. The average molecular weight is 390 g/mol. The van der Waals surface area contributed by atoms with E-state index in [0.29, 0.717) is 22.2 Å². The first-order valence-corrected chi connectivity index (χ1v) is 9.82. The molecule has 1 amide bonds. The van der Waals surface area contributed by atoms with Crippen molar-refractivity contribution in [2.45, 2.75) is 39.8 Å². The van der Waals surface area contributed by atoms with Crippen molar-refractivity contribution >= 4 is 22.8 Å². The minimum absolute atomic E-state index is 0.0349. The number of carbonyl (C=O) groups excluding carboxylic acids is 2. The molecule has 0 saturated heterocycles. The molecule has 0 atom stereocenters. The molecule has 0 aliphatic heterocycles. The average Bonchev–Trinajstić information content (AvgIpc) is 2.71. The van der Waals surface area contributed by atoms with Gasteiger partial charge in [0.2, 0.25) is 0 Å². The summed E-state index contributed by atoms with van der Waals surface area (Å²) in [4.78, 5) is 31.8. The van der Waals surface area contributed by atoms with Crippen LogP contribution in [-0.2, 0) is 9.53 Å². The Labute approximate surface area is 171 Å². The Morgan fingerprint density at radius 2 is 1.55 bits per heavy atom. The topological polar surface area (TPSA) is 59.5 Å². The second-order valence-electron chi connectivity index (χ2n) is 7.50. The molecule has 0 saturated carbocycles. The van der Waals surface area contributed by atoms with E-state index in [0.717, 1.165) is 5.56 Å². The van der Waals surface area contributed by atoms with Gasteiger partial charge in [0.25, 0.3) is 5.91 Å². The van der Waals surface area contributed by atoms with Gasteiger partial charge in [0, 0.05) is 23.0 Å². The summed E-state index contributed by atoms with van der Waals surface area (Å²) in [6.07, 6.45) is 0. The largest absolute Gasteiger partial charge is 0.452 e. The van der Waals surface area contributed by atoms with Gasteiger partial charge in [0.05, 0.1) is 16.8 Å². The van der Waals surface area contributed by atoms with Crippen molar-refractivity contribution < 1.29 is 14.3 Å². The van der Waals surface area contributed by atoms with Crippen molar-refractivity contribution in [3.8, 4) is 11.3 Å². The van der Waals surface area contributed by atoms with Crippen LogP contribution in [0.5, 0.6) is 0 Å². The highest BCUT2D eigenvalue weighted by molar-refractivity contribution is 6.05. The lowest BCUT2D eigenvalue weighted by Crippen LogP contribution is -2.44. The highest BCUT2D eigenvalue weighted by Gasteiger charge is 2.22. The molecule has 150 valence electrons. The van der Waals surface area contributed by atoms with Crippen LogP contribution in [0.2, 0.25) is 0 Å². The molecule has 0 unspecified atom stereocenters. The number of nitrogens with zero attached hydrogens (tertiary/aromatic N) is 2. The summed E-state index contributed by atoms with van der Waals surface area (Å²) < 4.78 is 5.41. The van der Waals surface area contributed by atoms with E-state index in [1.807, 2.05) is 82.3 Å². The number of hydrogen-bond donors (Lipinski definition) is 0. The monoisotopic (exact) mass is 390 g/mol. The summed E-state index contributed by atoms with van der Waals surface area (Å²) in [7, 11) is 0.